The number of para-hydroxylation sites is 3. The normalized spacial score (nSPS) is 11.6. The summed E-state index contributed by atoms with van der Waals surface area (Å²) in [6.45, 7) is 0. The second kappa shape index (κ2) is 11.4. The van der Waals surface area contributed by atoms with Crippen LogP contribution in [0.5, 0.6) is 0 Å². The molecule has 3 heterocycles. The van der Waals surface area contributed by atoms with E-state index in [0.29, 0.717) is 17.5 Å². The first-order valence-electron chi connectivity index (χ1n) is 16.7. The Morgan fingerprint density at radius 1 is 0.340 bits per heavy atom. The highest BCUT2D eigenvalue weighted by Crippen LogP contribution is 2.36. The lowest BCUT2D eigenvalue weighted by Crippen LogP contribution is -2.00. The van der Waals surface area contributed by atoms with Gasteiger partial charge in [-0.25, -0.2) is 15.0 Å². The summed E-state index contributed by atoms with van der Waals surface area (Å²) in [5.41, 5.74) is 10.1. The molecule has 0 N–H and O–H groups in total. The van der Waals surface area contributed by atoms with Crippen LogP contribution >= 0.6 is 0 Å². The average molecular weight is 641 g/mol. The third-order valence-electron chi connectivity index (χ3n) is 9.47. The highest BCUT2D eigenvalue weighted by atomic mass is 16.3. The molecule has 0 saturated heterocycles. The van der Waals surface area contributed by atoms with Crippen molar-refractivity contribution in [2.24, 2.45) is 0 Å². The van der Waals surface area contributed by atoms with E-state index in [1.165, 1.54) is 16.3 Å². The van der Waals surface area contributed by atoms with Crippen molar-refractivity contribution >= 4 is 43.7 Å². The molecule has 50 heavy (non-hydrogen) atoms. The van der Waals surface area contributed by atoms with Gasteiger partial charge in [0.05, 0.1) is 11.0 Å². The van der Waals surface area contributed by atoms with Crippen molar-refractivity contribution in [2.45, 2.75) is 0 Å². The highest BCUT2D eigenvalue weighted by Gasteiger charge is 2.17. The second-order valence-corrected chi connectivity index (χ2v) is 12.5. The summed E-state index contributed by atoms with van der Waals surface area (Å²) in [4.78, 5) is 15.3. The quantitative estimate of drug-likeness (QED) is 0.188. The molecule has 10 aromatic rings. The van der Waals surface area contributed by atoms with E-state index in [1.54, 1.807) is 0 Å². The number of fused-ring (bicyclic) bond motifs is 6. The maximum absolute atomic E-state index is 6.14. The topological polar surface area (TPSA) is 56.7 Å². The number of nitrogens with zero attached hydrogens (tertiary/aromatic N) is 4. The van der Waals surface area contributed by atoms with Crippen LogP contribution in [0.2, 0.25) is 0 Å². The molecule has 10 rings (SSSR count). The Balaban J connectivity index is 1.18. The van der Waals surface area contributed by atoms with Gasteiger partial charge in [-0.3, -0.25) is 0 Å². The second-order valence-electron chi connectivity index (χ2n) is 12.5. The van der Waals surface area contributed by atoms with Gasteiger partial charge >= 0.3 is 0 Å². The number of hydrogen-bond acceptors (Lipinski definition) is 4. The molecule has 0 unspecified atom stereocenters. The van der Waals surface area contributed by atoms with Crippen molar-refractivity contribution in [1.29, 1.82) is 0 Å². The van der Waals surface area contributed by atoms with Crippen molar-refractivity contribution in [3.05, 3.63) is 170 Å². The molecule has 3 aromatic heterocycles. The van der Waals surface area contributed by atoms with Crippen LogP contribution in [0.4, 0.5) is 0 Å². The van der Waals surface area contributed by atoms with E-state index in [1.807, 2.05) is 42.5 Å². The van der Waals surface area contributed by atoms with Gasteiger partial charge in [0.15, 0.2) is 17.5 Å². The standard InChI is InChI=1S/C45H28N4O/c1-3-11-29(12-4-1)30-19-21-31(22-20-30)43-46-44(32-24-26-42-38(27-32)37-16-8-10-18-41(37)50-42)48-45(47-43)33-23-25-36-35-15-7-9-17-39(35)49(40(36)28-33)34-13-5-2-6-14-34/h1-28H. The molecular formula is C45H28N4O. The molecule has 0 radical (unpaired) electrons. The van der Waals surface area contributed by atoms with Gasteiger partial charge in [-0.1, -0.05) is 121 Å². The van der Waals surface area contributed by atoms with Crippen LogP contribution in [0.1, 0.15) is 0 Å². The molecular weight excluding hydrogens is 613 g/mol. The average Bonchev–Trinajstić information content (AvgIpc) is 3.73. The van der Waals surface area contributed by atoms with Crippen molar-refractivity contribution < 1.29 is 4.42 Å². The molecule has 5 heteroatoms. The van der Waals surface area contributed by atoms with E-state index in [2.05, 4.69) is 132 Å². The van der Waals surface area contributed by atoms with Crippen LogP contribution < -0.4 is 0 Å². The van der Waals surface area contributed by atoms with Gasteiger partial charge in [-0.05, 0) is 59.7 Å². The van der Waals surface area contributed by atoms with Gasteiger partial charge in [0, 0.05) is 43.9 Å². The fourth-order valence-corrected chi connectivity index (χ4v) is 7.04. The minimum Gasteiger partial charge on any atom is -0.456 e. The molecule has 0 fully saturated rings. The molecule has 0 bridgehead atoms. The summed E-state index contributed by atoms with van der Waals surface area (Å²) in [7, 11) is 0. The summed E-state index contributed by atoms with van der Waals surface area (Å²) in [5.74, 6) is 1.83. The monoisotopic (exact) mass is 640 g/mol. The van der Waals surface area contributed by atoms with Crippen LogP contribution in [0.3, 0.4) is 0 Å². The van der Waals surface area contributed by atoms with Crippen molar-refractivity contribution in [3.8, 4) is 51.0 Å². The molecule has 5 nitrogen and oxygen atoms in total. The molecule has 0 aliphatic rings. The van der Waals surface area contributed by atoms with Crippen molar-refractivity contribution in [3.63, 3.8) is 0 Å². The molecule has 7 aromatic carbocycles. The summed E-state index contributed by atoms with van der Waals surface area (Å²) < 4.78 is 8.45. The summed E-state index contributed by atoms with van der Waals surface area (Å²) in [6, 6.07) is 58.7. The minimum absolute atomic E-state index is 0.605. The van der Waals surface area contributed by atoms with Gasteiger partial charge in [0.2, 0.25) is 0 Å². The van der Waals surface area contributed by atoms with Gasteiger partial charge in [0.25, 0.3) is 0 Å². The zero-order valence-electron chi connectivity index (χ0n) is 26.9. The maximum Gasteiger partial charge on any atom is 0.164 e. The molecule has 0 amide bonds. The summed E-state index contributed by atoms with van der Waals surface area (Å²) in [5, 5.41) is 4.47. The van der Waals surface area contributed by atoms with E-state index in [0.717, 1.165) is 60.9 Å². The van der Waals surface area contributed by atoms with Crippen molar-refractivity contribution in [2.75, 3.05) is 0 Å². The van der Waals surface area contributed by atoms with Crippen LogP contribution in [-0.4, -0.2) is 19.5 Å². The van der Waals surface area contributed by atoms with Gasteiger partial charge in [-0.15, -0.1) is 0 Å². The van der Waals surface area contributed by atoms with Gasteiger partial charge < -0.3 is 8.98 Å². The fourth-order valence-electron chi connectivity index (χ4n) is 7.04. The fraction of sp³-hybridized carbons (Fsp3) is 0. The molecule has 0 spiro atoms. The van der Waals surface area contributed by atoms with Crippen LogP contribution in [0.15, 0.2) is 174 Å². The Morgan fingerprint density at radius 3 is 1.64 bits per heavy atom. The molecule has 0 saturated carbocycles. The first-order chi connectivity index (χ1) is 24.8. The summed E-state index contributed by atoms with van der Waals surface area (Å²) in [6.07, 6.45) is 0. The van der Waals surface area contributed by atoms with E-state index >= 15 is 0 Å². The Morgan fingerprint density at radius 2 is 0.860 bits per heavy atom. The number of aromatic nitrogens is 4. The lowest BCUT2D eigenvalue weighted by Gasteiger charge is -2.11. The smallest absolute Gasteiger partial charge is 0.164 e. The predicted molar refractivity (Wildman–Crippen MR) is 203 cm³/mol. The highest BCUT2D eigenvalue weighted by molar-refractivity contribution is 6.10. The van der Waals surface area contributed by atoms with Crippen LogP contribution in [-0.2, 0) is 0 Å². The minimum atomic E-state index is 0.605. The molecule has 0 aliphatic carbocycles. The molecule has 0 aliphatic heterocycles. The largest absolute Gasteiger partial charge is 0.456 e. The Hall–Kier alpha value is -6.85. The Kier molecular flexibility index (Phi) is 6.42. The first-order valence-corrected chi connectivity index (χ1v) is 16.7. The lowest BCUT2D eigenvalue weighted by atomic mass is 10.0. The van der Waals surface area contributed by atoms with Gasteiger partial charge in [-0.2, -0.15) is 0 Å². The van der Waals surface area contributed by atoms with Crippen molar-refractivity contribution in [1.82, 2.24) is 19.5 Å². The number of furan rings is 1. The summed E-state index contributed by atoms with van der Waals surface area (Å²) >= 11 is 0. The number of benzene rings is 7. The van der Waals surface area contributed by atoms with E-state index in [-0.39, 0.29) is 0 Å². The molecule has 0 atom stereocenters. The maximum atomic E-state index is 6.14. The molecule has 234 valence electrons. The lowest BCUT2D eigenvalue weighted by molar-refractivity contribution is 0.669. The predicted octanol–water partition coefficient (Wildman–Crippen LogP) is 11.5. The Bertz CT molecular complexity index is 2850. The van der Waals surface area contributed by atoms with E-state index in [9.17, 15) is 0 Å². The zero-order valence-corrected chi connectivity index (χ0v) is 26.9. The Labute approximate surface area is 287 Å². The first kappa shape index (κ1) is 28.2. The number of hydrogen-bond donors (Lipinski definition) is 0. The van der Waals surface area contributed by atoms with Crippen LogP contribution in [0.25, 0.3) is 94.7 Å². The van der Waals surface area contributed by atoms with E-state index < -0.39 is 0 Å². The van der Waals surface area contributed by atoms with E-state index in [4.69, 9.17) is 19.4 Å². The third kappa shape index (κ3) is 4.67. The third-order valence-corrected chi connectivity index (χ3v) is 9.47. The van der Waals surface area contributed by atoms with Gasteiger partial charge in [0.1, 0.15) is 11.2 Å². The number of rotatable bonds is 5. The van der Waals surface area contributed by atoms with Crippen LogP contribution in [0, 0.1) is 0 Å². The SMILES string of the molecule is c1ccc(-c2ccc(-c3nc(-c4ccc5oc6ccccc6c5c4)nc(-c4ccc5c6ccccc6n(-c6ccccc6)c5c4)n3)cc2)cc1. The zero-order chi connectivity index (χ0) is 33.0.